The van der Waals surface area contributed by atoms with Gasteiger partial charge in [-0.15, -0.1) is 0 Å². The zero-order valence-electron chi connectivity index (χ0n) is 14.4. The van der Waals surface area contributed by atoms with Crippen LogP contribution in [0.15, 0.2) is 36.5 Å². The van der Waals surface area contributed by atoms with Crippen LogP contribution in [-0.4, -0.2) is 35.9 Å². The Labute approximate surface area is 145 Å². The normalized spacial score (nSPS) is 10.2. The lowest BCUT2D eigenvalue weighted by molar-refractivity contribution is -0.124. The van der Waals surface area contributed by atoms with Crippen LogP contribution in [0.4, 0.5) is 0 Å². The maximum Gasteiger partial charge on any atom is 0.355 e. The number of ketones is 1. The molecule has 0 saturated carbocycles. The Morgan fingerprint density at radius 1 is 1.20 bits per heavy atom. The Kier molecular flexibility index (Phi) is 5.94. The minimum atomic E-state index is -0.664. The summed E-state index contributed by atoms with van der Waals surface area (Å²) in [6.45, 7) is 1.27. The van der Waals surface area contributed by atoms with Crippen molar-refractivity contribution in [2.45, 2.75) is 13.5 Å². The summed E-state index contributed by atoms with van der Waals surface area (Å²) in [5.74, 6) is -0.577. The summed E-state index contributed by atoms with van der Waals surface area (Å²) in [7, 11) is 3.18. The lowest BCUT2D eigenvalue weighted by Gasteiger charge is -2.10. The van der Waals surface area contributed by atoms with Crippen LogP contribution >= 0.6 is 0 Å². The molecule has 25 heavy (non-hydrogen) atoms. The van der Waals surface area contributed by atoms with Crippen molar-refractivity contribution in [3.05, 3.63) is 53.3 Å². The maximum absolute atomic E-state index is 12.0. The van der Waals surface area contributed by atoms with E-state index in [0.29, 0.717) is 11.3 Å². The van der Waals surface area contributed by atoms with Crippen molar-refractivity contribution in [2.24, 2.45) is 7.05 Å². The fourth-order valence-corrected chi connectivity index (χ4v) is 2.26. The first-order valence-electron chi connectivity index (χ1n) is 7.65. The van der Waals surface area contributed by atoms with E-state index in [9.17, 15) is 14.4 Å². The lowest BCUT2D eigenvalue weighted by atomic mass is 10.2. The van der Waals surface area contributed by atoms with Gasteiger partial charge in [0.2, 0.25) is 0 Å². The van der Waals surface area contributed by atoms with Crippen molar-refractivity contribution in [1.29, 1.82) is 0 Å². The van der Waals surface area contributed by atoms with Crippen LogP contribution in [0.3, 0.4) is 0 Å². The van der Waals surface area contributed by atoms with Crippen LogP contribution in [0.1, 0.15) is 33.3 Å². The number of carbonyl (C=O) groups is 3. The number of esters is 1. The van der Waals surface area contributed by atoms with Gasteiger partial charge in [-0.3, -0.25) is 9.59 Å². The summed E-state index contributed by atoms with van der Waals surface area (Å²) >= 11 is 0. The fourth-order valence-electron chi connectivity index (χ4n) is 2.26. The largest absolute Gasteiger partial charge is 0.496 e. The van der Waals surface area contributed by atoms with Gasteiger partial charge in [0.15, 0.2) is 12.4 Å². The first-order valence-corrected chi connectivity index (χ1v) is 7.65. The predicted octanol–water partition coefficient (Wildman–Crippen LogP) is 1.71. The molecule has 1 aromatic heterocycles. The first-order chi connectivity index (χ1) is 11.9. The maximum atomic E-state index is 12.0. The molecule has 0 unspecified atom stereocenters. The molecule has 0 bridgehead atoms. The van der Waals surface area contributed by atoms with Crippen molar-refractivity contribution < 1.29 is 23.9 Å². The van der Waals surface area contributed by atoms with Crippen molar-refractivity contribution >= 4 is 17.7 Å². The monoisotopic (exact) mass is 344 g/mol. The molecule has 0 aliphatic rings. The van der Waals surface area contributed by atoms with Crippen molar-refractivity contribution in [2.75, 3.05) is 13.7 Å². The van der Waals surface area contributed by atoms with E-state index in [2.05, 4.69) is 5.32 Å². The Balaban J connectivity index is 1.87. The van der Waals surface area contributed by atoms with Crippen molar-refractivity contribution in [1.82, 2.24) is 9.88 Å². The third kappa shape index (κ3) is 4.69. The number of hydrogen-bond donors (Lipinski definition) is 1. The Morgan fingerprint density at radius 2 is 1.92 bits per heavy atom. The fraction of sp³-hybridized carbons (Fsp3) is 0.278. The molecule has 7 heteroatoms. The van der Waals surface area contributed by atoms with E-state index in [0.717, 1.165) is 5.56 Å². The molecule has 1 aromatic carbocycles. The third-order valence-corrected chi connectivity index (χ3v) is 3.62. The molecule has 0 saturated heterocycles. The molecule has 0 radical (unpaired) electrons. The highest BCUT2D eigenvalue weighted by Crippen LogP contribution is 2.16. The second-order valence-electron chi connectivity index (χ2n) is 5.45. The molecule has 7 nitrogen and oxygen atoms in total. The molecule has 0 spiro atoms. The highest BCUT2D eigenvalue weighted by atomic mass is 16.5. The molecular formula is C18H20N2O5. The number of benzene rings is 1. The molecule has 0 fully saturated rings. The molecule has 1 amide bonds. The molecule has 1 heterocycles. The number of methoxy groups -OCH3 is 1. The van der Waals surface area contributed by atoms with E-state index in [1.54, 1.807) is 26.4 Å². The third-order valence-electron chi connectivity index (χ3n) is 3.62. The SMILES string of the molecule is COc1ccccc1CNC(=O)COC(=O)c1cc(C(C)=O)cn1C. The standard InChI is InChI=1S/C18H20N2O5/c1-12(21)14-8-15(20(2)10-14)18(23)25-11-17(22)19-9-13-6-4-5-7-16(13)24-3/h4-8,10H,9,11H2,1-3H3,(H,19,22). The van der Waals surface area contributed by atoms with E-state index in [1.165, 1.54) is 17.6 Å². The Bertz CT molecular complexity index is 795. The molecule has 1 N–H and O–H groups in total. The minimum Gasteiger partial charge on any atom is -0.496 e. The lowest BCUT2D eigenvalue weighted by Crippen LogP contribution is -2.28. The van der Waals surface area contributed by atoms with Gasteiger partial charge in [-0.1, -0.05) is 18.2 Å². The number of carbonyl (C=O) groups excluding carboxylic acids is 3. The summed E-state index contributed by atoms with van der Waals surface area (Å²) in [5.41, 5.74) is 1.44. The second kappa shape index (κ2) is 8.14. The van der Waals surface area contributed by atoms with Crippen LogP contribution < -0.4 is 10.1 Å². The van der Waals surface area contributed by atoms with Crippen molar-refractivity contribution in [3.63, 3.8) is 0 Å². The zero-order chi connectivity index (χ0) is 18.4. The van der Waals surface area contributed by atoms with Gasteiger partial charge in [-0.25, -0.2) is 4.79 Å². The molecule has 0 aliphatic carbocycles. The molecule has 2 aromatic rings. The van der Waals surface area contributed by atoms with Crippen LogP contribution in [0.2, 0.25) is 0 Å². The van der Waals surface area contributed by atoms with Gasteiger partial charge in [-0.2, -0.15) is 0 Å². The van der Waals surface area contributed by atoms with Gasteiger partial charge in [0, 0.05) is 30.9 Å². The predicted molar refractivity (Wildman–Crippen MR) is 90.5 cm³/mol. The summed E-state index contributed by atoms with van der Waals surface area (Å²) in [4.78, 5) is 35.2. The first kappa shape index (κ1) is 18.3. The number of amides is 1. The van der Waals surface area contributed by atoms with Gasteiger partial charge < -0.3 is 19.4 Å². The van der Waals surface area contributed by atoms with E-state index in [4.69, 9.17) is 9.47 Å². The van der Waals surface area contributed by atoms with Gasteiger partial charge >= 0.3 is 5.97 Å². The second-order valence-corrected chi connectivity index (χ2v) is 5.45. The number of ether oxygens (including phenoxy) is 2. The van der Waals surface area contributed by atoms with Gasteiger partial charge in [0.1, 0.15) is 11.4 Å². The number of nitrogens with zero attached hydrogens (tertiary/aromatic N) is 1. The van der Waals surface area contributed by atoms with E-state index in [1.807, 2.05) is 18.2 Å². The minimum absolute atomic E-state index is 0.149. The van der Waals surface area contributed by atoms with Gasteiger partial charge in [0.25, 0.3) is 5.91 Å². The summed E-state index contributed by atoms with van der Waals surface area (Å²) in [5, 5.41) is 2.66. The molecule has 132 valence electrons. The average molecular weight is 344 g/mol. The smallest absolute Gasteiger partial charge is 0.355 e. The summed E-state index contributed by atoms with van der Waals surface area (Å²) in [6, 6.07) is 8.74. The van der Waals surface area contributed by atoms with Crippen LogP contribution in [0, 0.1) is 0 Å². The van der Waals surface area contributed by atoms with Crippen LogP contribution in [0.5, 0.6) is 5.75 Å². The number of Topliss-reactive ketones (excluding diaryl/α,β-unsaturated/α-hetero) is 1. The number of aromatic nitrogens is 1. The Hall–Kier alpha value is -3.09. The highest BCUT2D eigenvalue weighted by Gasteiger charge is 2.16. The number of hydrogen-bond acceptors (Lipinski definition) is 5. The van der Waals surface area contributed by atoms with Crippen LogP contribution in [-0.2, 0) is 23.1 Å². The van der Waals surface area contributed by atoms with Gasteiger partial charge in [-0.05, 0) is 19.1 Å². The van der Waals surface area contributed by atoms with E-state index < -0.39 is 18.5 Å². The Morgan fingerprint density at radius 3 is 2.56 bits per heavy atom. The van der Waals surface area contributed by atoms with Crippen molar-refractivity contribution in [3.8, 4) is 5.75 Å². The highest BCUT2D eigenvalue weighted by molar-refractivity contribution is 5.98. The average Bonchev–Trinajstić information content (AvgIpc) is 3.00. The van der Waals surface area contributed by atoms with E-state index in [-0.39, 0.29) is 18.0 Å². The molecule has 2 rings (SSSR count). The molecule has 0 aliphatic heterocycles. The molecule has 0 atom stereocenters. The number of nitrogens with one attached hydrogen (secondary N) is 1. The number of rotatable bonds is 7. The zero-order valence-corrected chi connectivity index (χ0v) is 14.4. The summed E-state index contributed by atoms with van der Waals surface area (Å²) < 4.78 is 11.7. The van der Waals surface area contributed by atoms with Gasteiger partial charge in [0.05, 0.1) is 7.11 Å². The number of aryl methyl sites for hydroxylation is 1. The topological polar surface area (TPSA) is 86.6 Å². The quantitative estimate of drug-likeness (QED) is 0.610. The van der Waals surface area contributed by atoms with E-state index >= 15 is 0 Å². The summed E-state index contributed by atoms with van der Waals surface area (Å²) in [6.07, 6.45) is 1.54. The number of para-hydroxylation sites is 1. The molecular weight excluding hydrogens is 324 g/mol. The van der Waals surface area contributed by atoms with Crippen LogP contribution in [0.25, 0.3) is 0 Å².